The van der Waals surface area contributed by atoms with E-state index in [9.17, 15) is 20.1 Å². The molecule has 0 aliphatic carbocycles. The third kappa shape index (κ3) is 8.43. The topological polar surface area (TPSA) is 119 Å². The van der Waals surface area contributed by atoms with Gasteiger partial charge >= 0.3 is 11.9 Å². The SMILES string of the molecule is C=CC(=O)OCCCCOc1cc(C)c(OCCCCOC(=O)C=C)c2c1SC(=C(C#N)C#N)S2. The number of esters is 2. The Morgan fingerprint density at radius 1 is 0.886 bits per heavy atom. The van der Waals surface area contributed by atoms with Gasteiger partial charge in [-0.3, -0.25) is 0 Å². The Labute approximate surface area is 213 Å². The van der Waals surface area contributed by atoms with Crippen molar-refractivity contribution in [1.82, 2.24) is 0 Å². The summed E-state index contributed by atoms with van der Waals surface area (Å²) in [5.41, 5.74) is 0.903. The van der Waals surface area contributed by atoms with Gasteiger partial charge in [-0.1, -0.05) is 36.7 Å². The van der Waals surface area contributed by atoms with Crippen LogP contribution >= 0.6 is 23.5 Å². The average molecular weight is 515 g/mol. The Balaban J connectivity index is 2.07. The van der Waals surface area contributed by atoms with E-state index in [4.69, 9.17) is 18.9 Å². The molecule has 1 aromatic rings. The Morgan fingerprint density at radius 2 is 1.40 bits per heavy atom. The maximum atomic E-state index is 11.1. The molecule has 184 valence electrons. The first-order valence-corrected chi connectivity index (χ1v) is 12.5. The molecule has 0 saturated carbocycles. The number of aryl methyl sites for hydroxylation is 1. The molecule has 35 heavy (non-hydrogen) atoms. The highest BCUT2D eigenvalue weighted by molar-refractivity contribution is 8.24. The molecule has 0 bridgehead atoms. The minimum absolute atomic E-state index is 0.0406. The molecule has 0 amide bonds. The minimum Gasteiger partial charge on any atom is -0.492 e. The molecule has 1 aliphatic rings. The van der Waals surface area contributed by atoms with E-state index in [1.807, 2.05) is 25.1 Å². The summed E-state index contributed by atoms with van der Waals surface area (Å²) in [7, 11) is 0. The van der Waals surface area contributed by atoms with E-state index in [1.54, 1.807) is 0 Å². The first-order valence-electron chi connectivity index (χ1n) is 10.9. The number of carbonyl (C=O) groups is 2. The molecule has 0 aromatic heterocycles. The summed E-state index contributed by atoms with van der Waals surface area (Å²) in [5.74, 6) is 0.416. The van der Waals surface area contributed by atoms with Crippen LogP contribution in [0, 0.1) is 29.6 Å². The Bertz CT molecular complexity index is 1070. The highest BCUT2D eigenvalue weighted by Gasteiger charge is 2.30. The van der Waals surface area contributed by atoms with Gasteiger partial charge in [0.15, 0.2) is 0 Å². The van der Waals surface area contributed by atoms with Crippen molar-refractivity contribution in [3.8, 4) is 23.6 Å². The molecule has 0 atom stereocenters. The molecule has 0 radical (unpaired) electrons. The zero-order valence-corrected chi connectivity index (χ0v) is 21.1. The van der Waals surface area contributed by atoms with Crippen molar-refractivity contribution < 1.29 is 28.5 Å². The maximum absolute atomic E-state index is 11.1. The molecule has 10 heteroatoms. The summed E-state index contributed by atoms with van der Waals surface area (Å²) in [6, 6.07) is 5.76. The van der Waals surface area contributed by atoms with E-state index in [1.165, 1.54) is 23.5 Å². The summed E-state index contributed by atoms with van der Waals surface area (Å²) >= 11 is 2.64. The van der Waals surface area contributed by atoms with Gasteiger partial charge in [-0.05, 0) is 44.2 Å². The van der Waals surface area contributed by atoms with Crippen LogP contribution < -0.4 is 9.47 Å². The number of benzene rings is 1. The van der Waals surface area contributed by atoms with Gasteiger partial charge in [0.1, 0.15) is 29.2 Å². The van der Waals surface area contributed by atoms with E-state index in [0.29, 0.717) is 54.6 Å². The maximum Gasteiger partial charge on any atom is 0.330 e. The zero-order valence-electron chi connectivity index (χ0n) is 19.5. The summed E-state index contributed by atoms with van der Waals surface area (Å²) in [6.45, 7) is 10.0. The lowest BCUT2D eigenvalue weighted by molar-refractivity contribution is -0.138. The summed E-state index contributed by atoms with van der Waals surface area (Å²) in [4.78, 5) is 23.8. The van der Waals surface area contributed by atoms with Crippen molar-refractivity contribution in [2.24, 2.45) is 0 Å². The van der Waals surface area contributed by atoms with Gasteiger partial charge in [0.05, 0.1) is 40.5 Å². The van der Waals surface area contributed by atoms with Crippen molar-refractivity contribution in [2.75, 3.05) is 26.4 Å². The van der Waals surface area contributed by atoms with Crippen LogP contribution in [-0.4, -0.2) is 38.4 Å². The molecule has 0 unspecified atom stereocenters. The lowest BCUT2D eigenvalue weighted by atomic mass is 10.2. The van der Waals surface area contributed by atoms with E-state index >= 15 is 0 Å². The van der Waals surface area contributed by atoms with Gasteiger partial charge in [-0.15, -0.1) is 0 Å². The lowest BCUT2D eigenvalue weighted by Crippen LogP contribution is -2.06. The van der Waals surface area contributed by atoms with E-state index in [2.05, 4.69) is 13.2 Å². The predicted octanol–water partition coefficient (Wildman–Crippen LogP) is 5.23. The van der Waals surface area contributed by atoms with Crippen molar-refractivity contribution in [1.29, 1.82) is 10.5 Å². The highest BCUT2D eigenvalue weighted by atomic mass is 32.2. The number of fused-ring (bicyclic) bond motifs is 1. The summed E-state index contributed by atoms with van der Waals surface area (Å²) in [6.07, 6.45) is 4.89. The molecule has 1 heterocycles. The molecule has 2 rings (SSSR count). The number of ether oxygens (including phenoxy) is 4. The molecule has 1 aliphatic heterocycles. The van der Waals surface area contributed by atoms with Crippen LogP contribution in [0.25, 0.3) is 0 Å². The molecule has 0 fully saturated rings. The number of nitriles is 2. The average Bonchev–Trinajstić information content (AvgIpc) is 3.30. The highest BCUT2D eigenvalue weighted by Crippen LogP contribution is 2.59. The number of hydrogen-bond acceptors (Lipinski definition) is 10. The second-order valence-corrected chi connectivity index (χ2v) is 9.42. The Morgan fingerprint density at radius 3 is 1.94 bits per heavy atom. The molecule has 8 nitrogen and oxygen atoms in total. The van der Waals surface area contributed by atoms with Crippen molar-refractivity contribution in [2.45, 2.75) is 42.4 Å². The fourth-order valence-corrected chi connectivity index (χ4v) is 5.43. The third-order valence-corrected chi connectivity index (χ3v) is 7.17. The number of hydrogen-bond donors (Lipinski definition) is 0. The number of rotatable bonds is 14. The summed E-state index contributed by atoms with van der Waals surface area (Å²) < 4.78 is 22.6. The van der Waals surface area contributed by atoms with Crippen molar-refractivity contribution in [3.05, 3.63) is 46.8 Å². The largest absolute Gasteiger partial charge is 0.492 e. The van der Waals surface area contributed by atoms with Gasteiger partial charge in [-0.2, -0.15) is 10.5 Å². The van der Waals surface area contributed by atoms with Crippen LogP contribution in [-0.2, 0) is 19.1 Å². The van der Waals surface area contributed by atoms with Crippen LogP contribution in [0.1, 0.15) is 31.2 Å². The molecular weight excluding hydrogens is 488 g/mol. The monoisotopic (exact) mass is 514 g/mol. The van der Waals surface area contributed by atoms with E-state index in [0.717, 1.165) is 27.5 Å². The molecule has 0 spiro atoms. The van der Waals surface area contributed by atoms with Crippen LogP contribution in [0.5, 0.6) is 11.5 Å². The van der Waals surface area contributed by atoms with Crippen molar-refractivity contribution >= 4 is 35.5 Å². The van der Waals surface area contributed by atoms with Gasteiger partial charge < -0.3 is 18.9 Å². The van der Waals surface area contributed by atoms with E-state index < -0.39 is 11.9 Å². The number of unbranched alkanes of at least 4 members (excludes halogenated alkanes) is 2. The second-order valence-electron chi connectivity index (χ2n) is 7.12. The minimum atomic E-state index is -0.453. The molecule has 1 aromatic carbocycles. The second kappa shape index (κ2) is 14.8. The molecule has 0 saturated heterocycles. The first kappa shape index (κ1) is 27.9. The Kier molecular flexibility index (Phi) is 11.8. The quantitative estimate of drug-likeness (QED) is 0.141. The molecular formula is C25H26N2O6S2. The fourth-order valence-electron chi connectivity index (χ4n) is 2.85. The van der Waals surface area contributed by atoms with Crippen LogP contribution in [0.4, 0.5) is 0 Å². The summed E-state index contributed by atoms with van der Waals surface area (Å²) in [5, 5.41) is 18.6. The standard InChI is InChI=1S/C25H26N2O6S2/c1-4-20(28)31-11-7-6-10-30-19-14-17(3)22(33-13-9-8-12-32-21(29)5-2)24-23(19)34-25(35-24)18(15-26)16-27/h4-5,14H,1-2,6-13H2,3H3. The smallest absolute Gasteiger partial charge is 0.330 e. The number of allylic oxidation sites excluding steroid dienone is 1. The van der Waals surface area contributed by atoms with Gasteiger partial charge in [-0.25, -0.2) is 9.59 Å². The van der Waals surface area contributed by atoms with Gasteiger partial charge in [0, 0.05) is 12.2 Å². The Hall–Kier alpha value is -3.34. The first-order chi connectivity index (χ1) is 16.9. The lowest BCUT2D eigenvalue weighted by Gasteiger charge is -2.16. The van der Waals surface area contributed by atoms with Gasteiger partial charge in [0.25, 0.3) is 0 Å². The van der Waals surface area contributed by atoms with Crippen LogP contribution in [0.2, 0.25) is 0 Å². The van der Waals surface area contributed by atoms with Crippen LogP contribution in [0.3, 0.4) is 0 Å². The molecule has 0 N–H and O–H groups in total. The number of thioether (sulfide) groups is 2. The van der Waals surface area contributed by atoms with Crippen LogP contribution in [0.15, 0.2) is 51.0 Å². The third-order valence-electron chi connectivity index (χ3n) is 4.56. The number of carbonyl (C=O) groups excluding carboxylic acids is 2. The normalized spacial score (nSPS) is 11.5. The predicted molar refractivity (Wildman–Crippen MR) is 133 cm³/mol. The van der Waals surface area contributed by atoms with Crippen molar-refractivity contribution in [3.63, 3.8) is 0 Å². The number of nitrogens with zero attached hydrogens (tertiary/aromatic N) is 2. The van der Waals surface area contributed by atoms with Gasteiger partial charge in [0.2, 0.25) is 0 Å². The fraction of sp³-hybridized carbons (Fsp3) is 0.360. The zero-order chi connectivity index (χ0) is 25.6. The van der Waals surface area contributed by atoms with E-state index in [-0.39, 0.29) is 18.8 Å².